The summed E-state index contributed by atoms with van der Waals surface area (Å²) in [6.07, 6.45) is 3.89. The highest BCUT2D eigenvalue weighted by molar-refractivity contribution is 5.70. The number of alkyl carbamates (subject to hydrolysis) is 1. The van der Waals surface area contributed by atoms with Gasteiger partial charge in [-0.2, -0.15) is 0 Å². The van der Waals surface area contributed by atoms with Crippen molar-refractivity contribution in [2.24, 2.45) is 0 Å². The average Bonchev–Trinajstić information content (AvgIpc) is 2.49. The molecule has 1 aliphatic heterocycles. The second-order valence-electron chi connectivity index (χ2n) is 3.32. The van der Waals surface area contributed by atoms with Gasteiger partial charge in [-0.3, -0.25) is 0 Å². The summed E-state index contributed by atoms with van der Waals surface area (Å²) in [4.78, 5) is 10.8. The predicted molar refractivity (Wildman–Crippen MR) is 48.3 cm³/mol. The smallest absolute Gasteiger partial charge is 0.407 e. The molecule has 0 aromatic rings. The summed E-state index contributed by atoms with van der Waals surface area (Å²) in [6.45, 7) is 3.80. The molecule has 1 rings (SSSR count). The van der Waals surface area contributed by atoms with Crippen molar-refractivity contribution >= 4 is 6.09 Å². The lowest BCUT2D eigenvalue weighted by Crippen LogP contribution is -2.46. The van der Waals surface area contributed by atoms with E-state index in [2.05, 4.69) is 11.9 Å². The molecule has 0 aromatic carbocycles. The van der Waals surface area contributed by atoms with Crippen molar-refractivity contribution in [1.82, 2.24) is 5.32 Å². The number of aliphatic hydroxyl groups is 1. The number of hydrogen-bond donors (Lipinski definition) is 2. The fourth-order valence-electron chi connectivity index (χ4n) is 1.38. The second kappa shape index (κ2) is 4.28. The van der Waals surface area contributed by atoms with Gasteiger partial charge in [-0.05, 0) is 19.3 Å². The molecule has 0 radical (unpaired) electrons. The van der Waals surface area contributed by atoms with Crippen LogP contribution in [0.5, 0.6) is 0 Å². The van der Waals surface area contributed by atoms with Crippen molar-refractivity contribution in [3.63, 3.8) is 0 Å². The zero-order valence-corrected chi connectivity index (χ0v) is 7.58. The van der Waals surface area contributed by atoms with Crippen LogP contribution in [0.15, 0.2) is 12.7 Å². The predicted octanol–water partition coefficient (Wildman–Crippen LogP) is 0.814. The SMILES string of the molecule is C=CCCCC1(CO)COC(=O)N1. The number of cyclic esters (lactones) is 1. The van der Waals surface area contributed by atoms with E-state index in [1.54, 1.807) is 0 Å². The molecule has 1 unspecified atom stereocenters. The molecule has 1 fully saturated rings. The largest absolute Gasteiger partial charge is 0.447 e. The van der Waals surface area contributed by atoms with Crippen LogP contribution in [-0.2, 0) is 4.74 Å². The number of carbonyl (C=O) groups is 1. The topological polar surface area (TPSA) is 58.6 Å². The number of rotatable bonds is 5. The Morgan fingerprint density at radius 2 is 2.54 bits per heavy atom. The Kier molecular flexibility index (Phi) is 3.31. The monoisotopic (exact) mass is 185 g/mol. The Morgan fingerprint density at radius 3 is 3.00 bits per heavy atom. The molecule has 0 bridgehead atoms. The number of ether oxygens (including phenoxy) is 1. The highest BCUT2D eigenvalue weighted by Crippen LogP contribution is 2.19. The number of aliphatic hydroxyl groups excluding tert-OH is 1. The minimum absolute atomic E-state index is 0.0735. The van der Waals surface area contributed by atoms with Gasteiger partial charge in [0, 0.05) is 0 Å². The molecule has 13 heavy (non-hydrogen) atoms. The maximum absolute atomic E-state index is 10.8. The minimum atomic E-state index is -0.555. The highest BCUT2D eigenvalue weighted by Gasteiger charge is 2.38. The van der Waals surface area contributed by atoms with Crippen molar-refractivity contribution in [3.05, 3.63) is 12.7 Å². The summed E-state index contributed by atoms with van der Waals surface area (Å²) in [5.74, 6) is 0. The third kappa shape index (κ3) is 2.45. The van der Waals surface area contributed by atoms with Gasteiger partial charge in [0.1, 0.15) is 12.1 Å². The van der Waals surface area contributed by atoms with Gasteiger partial charge in [0.2, 0.25) is 0 Å². The fraction of sp³-hybridized carbons (Fsp3) is 0.667. The first-order chi connectivity index (χ1) is 6.22. The molecule has 1 atom stereocenters. The molecule has 1 aliphatic rings. The number of unbranched alkanes of at least 4 members (excludes halogenated alkanes) is 1. The van der Waals surface area contributed by atoms with Crippen LogP contribution in [-0.4, -0.2) is 30.0 Å². The fourth-order valence-corrected chi connectivity index (χ4v) is 1.38. The molecule has 4 heteroatoms. The zero-order valence-electron chi connectivity index (χ0n) is 7.58. The van der Waals surface area contributed by atoms with Gasteiger partial charge in [-0.25, -0.2) is 4.79 Å². The molecular formula is C9H15NO3. The lowest BCUT2D eigenvalue weighted by molar-refractivity contribution is 0.138. The molecule has 4 nitrogen and oxygen atoms in total. The summed E-state index contributed by atoms with van der Waals surface area (Å²) in [5.41, 5.74) is -0.555. The summed E-state index contributed by atoms with van der Waals surface area (Å²) in [7, 11) is 0. The van der Waals surface area contributed by atoms with Gasteiger partial charge >= 0.3 is 6.09 Å². The van der Waals surface area contributed by atoms with Crippen molar-refractivity contribution in [3.8, 4) is 0 Å². The van der Waals surface area contributed by atoms with Gasteiger partial charge < -0.3 is 15.2 Å². The zero-order chi connectivity index (χ0) is 9.73. The molecular weight excluding hydrogens is 170 g/mol. The van der Waals surface area contributed by atoms with Gasteiger partial charge in [-0.1, -0.05) is 6.08 Å². The lowest BCUT2D eigenvalue weighted by atomic mass is 9.95. The van der Waals surface area contributed by atoms with Crippen LogP contribution >= 0.6 is 0 Å². The summed E-state index contributed by atoms with van der Waals surface area (Å²) < 4.78 is 4.75. The number of hydrogen-bond acceptors (Lipinski definition) is 3. The van der Waals surface area contributed by atoms with Crippen LogP contribution in [0.1, 0.15) is 19.3 Å². The number of nitrogens with one attached hydrogen (secondary N) is 1. The van der Waals surface area contributed by atoms with E-state index in [0.717, 1.165) is 19.3 Å². The van der Waals surface area contributed by atoms with Crippen LogP contribution < -0.4 is 5.32 Å². The number of carbonyl (C=O) groups excluding carboxylic acids is 1. The number of amides is 1. The Balaban J connectivity index is 2.41. The van der Waals surface area contributed by atoms with E-state index < -0.39 is 11.6 Å². The third-order valence-electron chi connectivity index (χ3n) is 2.21. The van der Waals surface area contributed by atoms with E-state index >= 15 is 0 Å². The molecule has 1 amide bonds. The van der Waals surface area contributed by atoms with E-state index in [9.17, 15) is 4.79 Å². The van der Waals surface area contributed by atoms with E-state index in [4.69, 9.17) is 9.84 Å². The quantitative estimate of drug-likeness (QED) is 0.492. The molecule has 0 aliphatic carbocycles. The first kappa shape index (κ1) is 10.1. The first-order valence-corrected chi connectivity index (χ1v) is 4.39. The van der Waals surface area contributed by atoms with Gasteiger partial charge in [-0.15, -0.1) is 6.58 Å². The first-order valence-electron chi connectivity index (χ1n) is 4.39. The van der Waals surface area contributed by atoms with Crippen LogP contribution in [0.2, 0.25) is 0 Å². The summed E-state index contributed by atoms with van der Waals surface area (Å²) in [6, 6.07) is 0. The Labute approximate surface area is 77.6 Å². The van der Waals surface area contributed by atoms with Gasteiger partial charge in [0.15, 0.2) is 0 Å². The van der Waals surface area contributed by atoms with E-state index in [0.29, 0.717) is 0 Å². The molecule has 0 saturated carbocycles. The van der Waals surface area contributed by atoms with E-state index in [1.807, 2.05) is 6.08 Å². The van der Waals surface area contributed by atoms with E-state index in [-0.39, 0.29) is 13.2 Å². The number of allylic oxidation sites excluding steroid dienone is 1. The van der Waals surface area contributed by atoms with Gasteiger partial charge in [0.05, 0.1) is 6.61 Å². The van der Waals surface area contributed by atoms with E-state index in [1.165, 1.54) is 0 Å². The van der Waals surface area contributed by atoms with Crippen molar-refractivity contribution in [2.75, 3.05) is 13.2 Å². The average molecular weight is 185 g/mol. The second-order valence-corrected chi connectivity index (χ2v) is 3.32. The molecule has 0 aromatic heterocycles. The Bertz CT molecular complexity index is 205. The van der Waals surface area contributed by atoms with Crippen LogP contribution in [0.4, 0.5) is 4.79 Å². The molecule has 0 spiro atoms. The van der Waals surface area contributed by atoms with Crippen molar-refractivity contribution in [1.29, 1.82) is 0 Å². The Morgan fingerprint density at radius 1 is 1.77 bits per heavy atom. The van der Waals surface area contributed by atoms with Gasteiger partial charge in [0.25, 0.3) is 0 Å². The molecule has 1 heterocycles. The van der Waals surface area contributed by atoms with Crippen molar-refractivity contribution in [2.45, 2.75) is 24.8 Å². The summed E-state index contributed by atoms with van der Waals surface area (Å²) >= 11 is 0. The maximum Gasteiger partial charge on any atom is 0.407 e. The molecule has 1 saturated heterocycles. The normalized spacial score (nSPS) is 26.7. The van der Waals surface area contributed by atoms with Crippen molar-refractivity contribution < 1.29 is 14.6 Å². The van der Waals surface area contributed by atoms with Crippen LogP contribution in [0.25, 0.3) is 0 Å². The third-order valence-corrected chi connectivity index (χ3v) is 2.21. The lowest BCUT2D eigenvalue weighted by Gasteiger charge is -2.23. The molecule has 74 valence electrons. The molecule has 2 N–H and O–H groups in total. The maximum atomic E-state index is 10.8. The minimum Gasteiger partial charge on any atom is -0.447 e. The standard InChI is InChI=1S/C9H15NO3/c1-2-3-4-5-9(6-11)7-13-8(12)10-9/h2,11H,1,3-7H2,(H,10,12). The van der Waals surface area contributed by atoms with Crippen LogP contribution in [0.3, 0.4) is 0 Å². The summed E-state index contributed by atoms with van der Waals surface area (Å²) in [5, 5.41) is 11.7. The van der Waals surface area contributed by atoms with Crippen LogP contribution in [0, 0.1) is 0 Å². The highest BCUT2D eigenvalue weighted by atomic mass is 16.6. The Hall–Kier alpha value is -1.03.